The predicted octanol–water partition coefficient (Wildman–Crippen LogP) is 24.0. The number of unbranched alkanes of at least 4 members (excludes halogenated alkanes) is 47. The van der Waals surface area contributed by atoms with E-state index in [1.54, 1.807) is 0 Å². The van der Waals surface area contributed by atoms with Crippen LogP contribution in [0.4, 0.5) is 0 Å². The summed E-state index contributed by atoms with van der Waals surface area (Å²) in [6, 6.07) is 0. The number of hydrogen-bond acceptors (Lipinski definition) is 15. The quantitative estimate of drug-likeness (QED) is 0.0169. The molecule has 0 aliphatic carbocycles. The van der Waals surface area contributed by atoms with Crippen LogP contribution in [0.15, 0.2) is 24.3 Å². The van der Waals surface area contributed by atoms with Gasteiger partial charge in [-0.25, -0.2) is 9.13 Å². The van der Waals surface area contributed by atoms with Crippen molar-refractivity contribution in [2.45, 2.75) is 425 Å². The first-order valence-electron chi connectivity index (χ1n) is 41.5. The fraction of sp³-hybridized carbons (Fsp3) is 0.901. The van der Waals surface area contributed by atoms with Crippen LogP contribution in [-0.4, -0.2) is 96.7 Å². The molecule has 0 aromatic rings. The molecule has 0 spiro atoms. The Morgan fingerprint density at radius 1 is 0.320 bits per heavy atom. The van der Waals surface area contributed by atoms with E-state index in [9.17, 15) is 43.2 Å². The molecule has 100 heavy (non-hydrogen) atoms. The summed E-state index contributed by atoms with van der Waals surface area (Å²) in [6.45, 7) is 7.32. The third-order valence-electron chi connectivity index (χ3n) is 18.8. The summed E-state index contributed by atoms with van der Waals surface area (Å²) in [4.78, 5) is 73.0. The summed E-state index contributed by atoms with van der Waals surface area (Å²) in [5.41, 5.74) is 0. The van der Waals surface area contributed by atoms with Gasteiger partial charge in [0.15, 0.2) is 12.2 Å². The minimum Gasteiger partial charge on any atom is -0.462 e. The lowest BCUT2D eigenvalue weighted by molar-refractivity contribution is -0.161. The van der Waals surface area contributed by atoms with Crippen LogP contribution >= 0.6 is 15.6 Å². The van der Waals surface area contributed by atoms with Crippen LogP contribution < -0.4 is 0 Å². The molecule has 6 atom stereocenters. The lowest BCUT2D eigenvalue weighted by Gasteiger charge is -2.21. The number of allylic oxidation sites excluding steroid dienone is 4. The first-order valence-corrected chi connectivity index (χ1v) is 44.5. The van der Waals surface area contributed by atoms with Gasteiger partial charge in [0.1, 0.15) is 19.3 Å². The van der Waals surface area contributed by atoms with Gasteiger partial charge in [0.05, 0.1) is 26.4 Å². The number of ether oxygens (including phenoxy) is 4. The van der Waals surface area contributed by atoms with Crippen molar-refractivity contribution in [2.24, 2.45) is 5.92 Å². The van der Waals surface area contributed by atoms with Gasteiger partial charge < -0.3 is 33.8 Å². The van der Waals surface area contributed by atoms with Crippen molar-refractivity contribution in [3.63, 3.8) is 0 Å². The fourth-order valence-corrected chi connectivity index (χ4v) is 13.6. The maximum Gasteiger partial charge on any atom is 0.472 e. The summed E-state index contributed by atoms with van der Waals surface area (Å²) < 4.78 is 68.7. The highest BCUT2D eigenvalue weighted by Crippen LogP contribution is 2.45. The van der Waals surface area contributed by atoms with Crippen LogP contribution in [0.3, 0.4) is 0 Å². The SMILES string of the molecule is CCCCCC/C=C\C=C/CCCCCCCC(=O)O[C@H](COC(=O)CCCCCCCCCCCCC)COP(=O)(O)OC[C@H](O)COP(=O)(O)OC[C@@H](COC(=O)CCCCCCCCCCCCCCCCCC)OC(=O)CCCCCCCCCCCCCCCCC(C)CC. The van der Waals surface area contributed by atoms with Crippen LogP contribution in [0.1, 0.15) is 407 Å². The summed E-state index contributed by atoms with van der Waals surface area (Å²) in [6.07, 6.45) is 67.2. The van der Waals surface area contributed by atoms with Crippen molar-refractivity contribution in [1.29, 1.82) is 0 Å². The van der Waals surface area contributed by atoms with E-state index in [1.165, 1.54) is 218 Å². The number of carbonyl (C=O) groups excluding carboxylic acids is 4. The van der Waals surface area contributed by atoms with E-state index in [4.69, 9.17) is 37.0 Å². The molecule has 0 rings (SSSR count). The maximum absolute atomic E-state index is 13.1. The first kappa shape index (κ1) is 97.5. The second kappa shape index (κ2) is 73.4. The van der Waals surface area contributed by atoms with Gasteiger partial charge in [-0.1, -0.05) is 354 Å². The zero-order valence-electron chi connectivity index (χ0n) is 64.8. The molecule has 3 unspecified atom stereocenters. The standard InChI is InChI=1S/C81H154O17P2/c1-6-10-13-16-19-22-25-27-29-31-35-40-45-50-55-60-65-79(84)92-71-77(98-81(86)67-62-57-52-47-42-37-33-32-34-39-43-48-53-58-63-74(5)9-4)73-96-100(89,90)94-69-75(82)68-93-99(87,88)95-72-76(70-91-78(83)64-59-54-49-44-38-24-21-18-15-12-8-3)97-80(85)66-61-56-51-46-41-36-30-28-26-23-20-17-14-11-7-2/h23,26,28,30,74-77,82H,6-22,24-25,27,29,31-73H2,1-5H3,(H,87,88)(H,89,90)/b26-23-,30-28-/t74?,75-,76+,77+/m0/s1. The summed E-state index contributed by atoms with van der Waals surface area (Å²) in [5.74, 6) is -1.29. The topological polar surface area (TPSA) is 237 Å². The van der Waals surface area contributed by atoms with E-state index in [-0.39, 0.29) is 25.7 Å². The van der Waals surface area contributed by atoms with Crippen LogP contribution in [0.5, 0.6) is 0 Å². The lowest BCUT2D eigenvalue weighted by Crippen LogP contribution is -2.30. The Kier molecular flexibility index (Phi) is 71.6. The van der Waals surface area contributed by atoms with Gasteiger partial charge in [-0.15, -0.1) is 0 Å². The summed E-state index contributed by atoms with van der Waals surface area (Å²) >= 11 is 0. The zero-order valence-corrected chi connectivity index (χ0v) is 66.6. The normalized spacial score (nSPS) is 14.3. The highest BCUT2D eigenvalue weighted by atomic mass is 31.2. The summed E-state index contributed by atoms with van der Waals surface area (Å²) in [5, 5.41) is 10.6. The second-order valence-electron chi connectivity index (χ2n) is 28.7. The van der Waals surface area contributed by atoms with Crippen LogP contribution in [-0.2, 0) is 65.4 Å². The Morgan fingerprint density at radius 2 is 0.560 bits per heavy atom. The Morgan fingerprint density at radius 3 is 0.850 bits per heavy atom. The molecule has 0 amide bonds. The Labute approximate surface area is 612 Å². The van der Waals surface area contributed by atoms with Crippen molar-refractivity contribution < 1.29 is 80.2 Å². The van der Waals surface area contributed by atoms with Crippen molar-refractivity contribution in [1.82, 2.24) is 0 Å². The number of phosphoric acid groups is 2. The lowest BCUT2D eigenvalue weighted by atomic mass is 9.99. The second-order valence-corrected chi connectivity index (χ2v) is 31.6. The maximum atomic E-state index is 13.1. The molecule has 0 bridgehead atoms. The Hall–Kier alpha value is -2.46. The largest absolute Gasteiger partial charge is 0.472 e. The van der Waals surface area contributed by atoms with Crippen molar-refractivity contribution in [2.75, 3.05) is 39.6 Å². The number of aliphatic hydroxyl groups excluding tert-OH is 1. The molecule has 3 N–H and O–H groups in total. The third kappa shape index (κ3) is 72.5. The summed E-state index contributed by atoms with van der Waals surface area (Å²) in [7, 11) is -9.93. The average molecular weight is 1460 g/mol. The molecule has 0 saturated heterocycles. The van der Waals surface area contributed by atoms with Crippen molar-refractivity contribution in [3.8, 4) is 0 Å². The van der Waals surface area contributed by atoms with E-state index in [0.717, 1.165) is 109 Å². The molecule has 0 saturated carbocycles. The molecule has 0 aliphatic heterocycles. The number of esters is 4. The monoisotopic (exact) mass is 1460 g/mol. The molecule has 0 aromatic heterocycles. The van der Waals surface area contributed by atoms with Gasteiger partial charge in [-0.3, -0.25) is 37.3 Å². The number of aliphatic hydroxyl groups is 1. The van der Waals surface area contributed by atoms with E-state index in [2.05, 4.69) is 58.9 Å². The van der Waals surface area contributed by atoms with Gasteiger partial charge in [-0.2, -0.15) is 0 Å². The zero-order chi connectivity index (χ0) is 73.4. The minimum absolute atomic E-state index is 0.0856. The molecular weight excluding hydrogens is 1310 g/mol. The van der Waals surface area contributed by atoms with Crippen LogP contribution in [0, 0.1) is 5.92 Å². The number of phosphoric ester groups is 2. The third-order valence-corrected chi connectivity index (χ3v) is 20.7. The molecule has 0 radical (unpaired) electrons. The highest BCUT2D eigenvalue weighted by molar-refractivity contribution is 7.47. The van der Waals surface area contributed by atoms with Gasteiger partial charge in [-0.05, 0) is 57.3 Å². The Balaban J connectivity index is 5.29. The predicted molar refractivity (Wildman–Crippen MR) is 409 cm³/mol. The average Bonchev–Trinajstić information content (AvgIpc) is 0.973. The molecule has 0 aromatic carbocycles. The molecule has 19 heteroatoms. The van der Waals surface area contributed by atoms with Gasteiger partial charge in [0.25, 0.3) is 0 Å². The number of rotatable bonds is 79. The Bertz CT molecular complexity index is 2010. The minimum atomic E-state index is -4.97. The molecule has 0 aliphatic rings. The van der Waals surface area contributed by atoms with E-state index in [0.29, 0.717) is 25.7 Å². The van der Waals surface area contributed by atoms with Gasteiger partial charge in [0.2, 0.25) is 0 Å². The molecule has 0 fully saturated rings. The van der Waals surface area contributed by atoms with Gasteiger partial charge in [0, 0.05) is 25.7 Å². The van der Waals surface area contributed by atoms with E-state index < -0.39 is 97.5 Å². The highest BCUT2D eigenvalue weighted by Gasteiger charge is 2.30. The first-order chi connectivity index (χ1) is 48.6. The van der Waals surface area contributed by atoms with E-state index >= 15 is 0 Å². The molecular formula is C81H154O17P2. The number of carbonyl (C=O) groups is 4. The smallest absolute Gasteiger partial charge is 0.462 e. The van der Waals surface area contributed by atoms with Gasteiger partial charge >= 0.3 is 39.5 Å². The number of hydrogen-bond donors (Lipinski definition) is 3. The molecule has 17 nitrogen and oxygen atoms in total. The molecule has 590 valence electrons. The van der Waals surface area contributed by atoms with Crippen molar-refractivity contribution >= 4 is 39.5 Å². The molecule has 0 heterocycles. The van der Waals surface area contributed by atoms with Crippen LogP contribution in [0.2, 0.25) is 0 Å². The van der Waals surface area contributed by atoms with Crippen molar-refractivity contribution in [3.05, 3.63) is 24.3 Å². The fourth-order valence-electron chi connectivity index (χ4n) is 12.0. The van der Waals surface area contributed by atoms with Crippen LogP contribution in [0.25, 0.3) is 0 Å². The van der Waals surface area contributed by atoms with E-state index in [1.807, 2.05) is 0 Å².